The van der Waals surface area contributed by atoms with Crippen LogP contribution in [0.2, 0.25) is 0 Å². The van der Waals surface area contributed by atoms with Gasteiger partial charge in [0.15, 0.2) is 5.82 Å². The highest BCUT2D eigenvalue weighted by Crippen LogP contribution is 2.25. The Labute approximate surface area is 177 Å². The molecule has 0 aliphatic carbocycles. The van der Waals surface area contributed by atoms with E-state index in [0.717, 1.165) is 34.3 Å². The number of hydrogen-bond acceptors (Lipinski definition) is 6. The van der Waals surface area contributed by atoms with Gasteiger partial charge in [0.2, 0.25) is 5.91 Å². The number of nitrogens with one attached hydrogen (secondary N) is 1. The number of piperazine rings is 1. The number of H-pyrrole nitrogens is 1. The predicted octanol–water partition coefficient (Wildman–Crippen LogP) is 2.78. The summed E-state index contributed by atoms with van der Waals surface area (Å²) in [6.07, 6.45) is 1.80. The Morgan fingerprint density at radius 3 is 2.90 bits per heavy atom. The van der Waals surface area contributed by atoms with E-state index in [9.17, 15) is 9.59 Å². The fourth-order valence-corrected chi connectivity index (χ4v) is 4.69. The number of amides is 1. The van der Waals surface area contributed by atoms with Crippen LogP contribution < -0.4 is 5.56 Å². The molecule has 0 unspecified atom stereocenters. The highest BCUT2D eigenvalue weighted by atomic mass is 32.1. The molecule has 5 rings (SSSR count). The minimum absolute atomic E-state index is 0.123. The first-order valence-corrected chi connectivity index (χ1v) is 10.7. The minimum atomic E-state index is -0.178. The lowest BCUT2D eigenvalue weighted by molar-refractivity contribution is -0.134. The molecule has 0 spiro atoms. The molecular formula is C22H21N5O2S. The number of benzene rings is 1. The average molecular weight is 420 g/mol. The highest BCUT2D eigenvalue weighted by molar-refractivity contribution is 7.17. The Morgan fingerprint density at radius 1 is 1.20 bits per heavy atom. The number of fused-ring (bicyclic) bond motifs is 2. The number of aromatic amines is 1. The van der Waals surface area contributed by atoms with E-state index in [1.54, 1.807) is 22.4 Å². The molecule has 4 aromatic rings. The van der Waals surface area contributed by atoms with Gasteiger partial charge in [-0.25, -0.2) is 4.98 Å². The molecule has 1 saturated heterocycles. The van der Waals surface area contributed by atoms with Crippen molar-refractivity contribution >= 4 is 38.2 Å². The summed E-state index contributed by atoms with van der Waals surface area (Å²) in [6.45, 7) is 4.54. The second-order valence-corrected chi connectivity index (χ2v) is 8.73. The van der Waals surface area contributed by atoms with Crippen LogP contribution in [0.15, 0.2) is 40.6 Å². The van der Waals surface area contributed by atoms with Gasteiger partial charge in [0, 0.05) is 43.0 Å². The van der Waals surface area contributed by atoms with Gasteiger partial charge >= 0.3 is 0 Å². The van der Waals surface area contributed by atoms with Gasteiger partial charge in [-0.05, 0) is 41.6 Å². The lowest BCUT2D eigenvalue weighted by atomic mass is 10.1. The van der Waals surface area contributed by atoms with Crippen molar-refractivity contribution in [3.05, 3.63) is 57.3 Å². The monoisotopic (exact) mass is 419 g/mol. The first kappa shape index (κ1) is 18.9. The molecule has 4 heterocycles. The van der Waals surface area contributed by atoms with Crippen LogP contribution in [0.4, 0.5) is 0 Å². The molecule has 1 aliphatic heterocycles. The van der Waals surface area contributed by atoms with Crippen molar-refractivity contribution in [3.8, 4) is 11.5 Å². The Balaban J connectivity index is 1.51. The van der Waals surface area contributed by atoms with Crippen molar-refractivity contribution in [3.63, 3.8) is 0 Å². The molecule has 1 fully saturated rings. The summed E-state index contributed by atoms with van der Waals surface area (Å²) < 4.78 is 1.11. The first-order chi connectivity index (χ1) is 14.5. The second kappa shape index (κ2) is 7.30. The third-order valence-electron chi connectivity index (χ3n) is 5.58. The topological polar surface area (TPSA) is 82.2 Å². The molecule has 0 saturated carbocycles. The van der Waals surface area contributed by atoms with Crippen LogP contribution in [0, 0.1) is 6.92 Å². The van der Waals surface area contributed by atoms with Crippen molar-refractivity contribution in [1.82, 2.24) is 24.8 Å². The Morgan fingerprint density at radius 2 is 2.07 bits per heavy atom. The maximum Gasteiger partial charge on any atom is 0.259 e. The fourth-order valence-electron chi connectivity index (χ4n) is 3.89. The molecule has 1 aromatic carbocycles. The number of carbonyl (C=O) groups is 1. The SMILES string of the molecule is Cc1cc(CN2CCN(C)C(=O)C2)cc2c(=O)[nH]c(-c3cc4sccc4cn3)nc12. The fraction of sp³-hybridized carbons (Fsp3) is 0.273. The van der Waals surface area contributed by atoms with E-state index in [0.29, 0.717) is 35.5 Å². The molecule has 7 nitrogen and oxygen atoms in total. The summed E-state index contributed by atoms with van der Waals surface area (Å²) in [5.74, 6) is 0.599. The average Bonchev–Trinajstić information content (AvgIpc) is 3.19. The number of likely N-dealkylation sites (N-methyl/N-ethyl adjacent to an activating group) is 1. The first-order valence-electron chi connectivity index (χ1n) is 9.81. The maximum absolute atomic E-state index is 12.9. The van der Waals surface area contributed by atoms with Crippen molar-refractivity contribution in [2.45, 2.75) is 13.5 Å². The standard InChI is InChI=1S/C22H21N5O2S/c1-13-7-14(11-27-5-4-26(2)19(28)12-27)8-16-20(13)24-21(25-22(16)29)17-9-18-15(10-23-17)3-6-30-18/h3,6-10H,4-5,11-12H2,1-2H3,(H,24,25,29). The molecule has 3 aromatic heterocycles. The third-order valence-corrected chi connectivity index (χ3v) is 6.46. The van der Waals surface area contributed by atoms with Gasteiger partial charge in [-0.15, -0.1) is 11.3 Å². The highest BCUT2D eigenvalue weighted by Gasteiger charge is 2.21. The summed E-state index contributed by atoms with van der Waals surface area (Å²) in [5, 5.41) is 3.66. The number of thiophene rings is 1. The number of aromatic nitrogens is 3. The van der Waals surface area contributed by atoms with Crippen molar-refractivity contribution in [1.29, 1.82) is 0 Å². The van der Waals surface area contributed by atoms with Crippen molar-refractivity contribution in [2.75, 3.05) is 26.7 Å². The molecule has 30 heavy (non-hydrogen) atoms. The second-order valence-electron chi connectivity index (χ2n) is 7.78. The van der Waals surface area contributed by atoms with E-state index in [4.69, 9.17) is 4.98 Å². The number of hydrogen-bond donors (Lipinski definition) is 1. The van der Waals surface area contributed by atoms with E-state index in [1.165, 1.54) is 0 Å². The van der Waals surface area contributed by atoms with Crippen molar-refractivity contribution < 1.29 is 4.79 Å². The smallest absolute Gasteiger partial charge is 0.259 e. The normalized spacial score (nSPS) is 15.4. The van der Waals surface area contributed by atoms with E-state index in [1.807, 2.05) is 37.6 Å². The number of aryl methyl sites for hydroxylation is 1. The Kier molecular flexibility index (Phi) is 4.60. The van der Waals surface area contributed by atoms with Gasteiger partial charge in [0.1, 0.15) is 5.69 Å². The van der Waals surface area contributed by atoms with Gasteiger partial charge in [-0.1, -0.05) is 6.07 Å². The summed E-state index contributed by atoms with van der Waals surface area (Å²) in [5.41, 5.74) is 3.11. The lowest BCUT2D eigenvalue weighted by Crippen LogP contribution is -2.47. The largest absolute Gasteiger partial charge is 0.343 e. The van der Waals surface area contributed by atoms with Crippen LogP contribution >= 0.6 is 11.3 Å². The summed E-state index contributed by atoms with van der Waals surface area (Å²) in [7, 11) is 1.83. The quantitative estimate of drug-likeness (QED) is 0.552. The molecule has 0 bridgehead atoms. The molecule has 1 amide bonds. The minimum Gasteiger partial charge on any atom is -0.343 e. The van der Waals surface area contributed by atoms with E-state index >= 15 is 0 Å². The van der Waals surface area contributed by atoms with Crippen molar-refractivity contribution in [2.24, 2.45) is 0 Å². The van der Waals surface area contributed by atoms with Crippen LogP contribution in [0.1, 0.15) is 11.1 Å². The summed E-state index contributed by atoms with van der Waals surface area (Å²) in [4.78, 5) is 40.8. The zero-order valence-corrected chi connectivity index (χ0v) is 17.6. The molecule has 1 aliphatic rings. The van der Waals surface area contributed by atoms with Gasteiger partial charge in [0.25, 0.3) is 5.56 Å². The van der Waals surface area contributed by atoms with Crippen LogP contribution in [0.5, 0.6) is 0 Å². The Bertz CT molecular complexity index is 1340. The summed E-state index contributed by atoms with van der Waals surface area (Å²) in [6, 6.07) is 7.92. The summed E-state index contributed by atoms with van der Waals surface area (Å²) >= 11 is 1.63. The van der Waals surface area contributed by atoms with Gasteiger partial charge in [0.05, 0.1) is 17.4 Å². The van der Waals surface area contributed by atoms with Crippen LogP contribution in [-0.4, -0.2) is 57.3 Å². The van der Waals surface area contributed by atoms with Gasteiger partial charge in [-0.2, -0.15) is 0 Å². The number of rotatable bonds is 3. The lowest BCUT2D eigenvalue weighted by Gasteiger charge is -2.32. The van der Waals surface area contributed by atoms with E-state index in [2.05, 4.69) is 20.9 Å². The zero-order valence-electron chi connectivity index (χ0n) is 16.8. The van der Waals surface area contributed by atoms with Crippen LogP contribution in [-0.2, 0) is 11.3 Å². The Hall–Kier alpha value is -3.10. The predicted molar refractivity (Wildman–Crippen MR) is 119 cm³/mol. The number of nitrogens with zero attached hydrogens (tertiary/aromatic N) is 4. The number of carbonyl (C=O) groups excluding carboxylic acids is 1. The van der Waals surface area contributed by atoms with E-state index in [-0.39, 0.29) is 11.5 Å². The maximum atomic E-state index is 12.9. The molecule has 0 radical (unpaired) electrons. The molecule has 8 heteroatoms. The van der Waals surface area contributed by atoms with Crippen LogP contribution in [0.25, 0.3) is 32.5 Å². The number of pyridine rings is 1. The third kappa shape index (κ3) is 3.38. The molecule has 0 atom stereocenters. The van der Waals surface area contributed by atoms with E-state index < -0.39 is 0 Å². The molecule has 152 valence electrons. The van der Waals surface area contributed by atoms with Gasteiger partial charge in [-0.3, -0.25) is 19.5 Å². The van der Waals surface area contributed by atoms with Gasteiger partial charge < -0.3 is 9.88 Å². The van der Waals surface area contributed by atoms with Crippen LogP contribution in [0.3, 0.4) is 0 Å². The zero-order chi connectivity index (χ0) is 20.8. The molecule has 1 N–H and O–H groups in total. The molecular weight excluding hydrogens is 398 g/mol.